The first-order valence-corrected chi connectivity index (χ1v) is 10.9. The van der Waals surface area contributed by atoms with Crippen LogP contribution in [0.4, 0.5) is 0 Å². The zero-order chi connectivity index (χ0) is 22.6. The molecule has 1 atom stereocenters. The van der Waals surface area contributed by atoms with Crippen molar-refractivity contribution in [2.24, 2.45) is 5.73 Å². The fourth-order valence-electron chi connectivity index (χ4n) is 4.16. The van der Waals surface area contributed by atoms with E-state index in [4.69, 9.17) is 10.5 Å². The minimum absolute atomic E-state index is 0.0291. The maximum Gasteiger partial charge on any atom is 0.251 e. The van der Waals surface area contributed by atoms with Crippen LogP contribution in [-0.2, 0) is 27.2 Å². The topological polar surface area (TPSA) is 72.6 Å². The van der Waals surface area contributed by atoms with Crippen molar-refractivity contribution < 1.29 is 14.3 Å². The van der Waals surface area contributed by atoms with Crippen molar-refractivity contribution in [3.05, 3.63) is 95.6 Å². The van der Waals surface area contributed by atoms with E-state index in [0.29, 0.717) is 19.4 Å². The van der Waals surface area contributed by atoms with Crippen molar-refractivity contribution in [2.45, 2.75) is 25.4 Å². The van der Waals surface area contributed by atoms with Crippen molar-refractivity contribution in [1.29, 1.82) is 0 Å². The van der Waals surface area contributed by atoms with Crippen molar-refractivity contribution in [1.82, 2.24) is 4.90 Å². The Labute approximate surface area is 188 Å². The number of aryl methyl sites for hydroxylation is 1. The predicted octanol–water partition coefficient (Wildman–Crippen LogP) is 3.53. The normalized spacial score (nSPS) is 18.3. The summed E-state index contributed by atoms with van der Waals surface area (Å²) < 4.78 is 5.95. The SMILES string of the molecule is Cc1ccc(-c2cccc(C[C@]3(C(N)=O)CN(C(=O)Cc4ccccc4)CCO3)c2)cc1. The molecule has 1 aliphatic heterocycles. The van der Waals surface area contributed by atoms with Crippen molar-refractivity contribution in [3.8, 4) is 11.1 Å². The molecular weight excluding hydrogens is 400 g/mol. The third-order valence-corrected chi connectivity index (χ3v) is 5.99. The van der Waals surface area contributed by atoms with Crippen molar-refractivity contribution in [2.75, 3.05) is 19.7 Å². The molecule has 1 aliphatic rings. The second-order valence-corrected chi connectivity index (χ2v) is 8.43. The van der Waals surface area contributed by atoms with Gasteiger partial charge >= 0.3 is 0 Å². The average molecular weight is 429 g/mol. The number of morpholine rings is 1. The summed E-state index contributed by atoms with van der Waals surface area (Å²) >= 11 is 0. The quantitative estimate of drug-likeness (QED) is 0.653. The van der Waals surface area contributed by atoms with Crippen LogP contribution in [0.15, 0.2) is 78.9 Å². The van der Waals surface area contributed by atoms with E-state index in [0.717, 1.165) is 22.3 Å². The number of rotatable bonds is 6. The maximum atomic E-state index is 12.9. The van der Waals surface area contributed by atoms with Gasteiger partial charge in [0.1, 0.15) is 0 Å². The highest BCUT2D eigenvalue weighted by atomic mass is 16.5. The molecule has 3 aromatic rings. The molecule has 0 bridgehead atoms. The third kappa shape index (κ3) is 4.89. The van der Waals surface area contributed by atoms with Crippen LogP contribution in [0, 0.1) is 6.92 Å². The molecule has 0 spiro atoms. The molecule has 0 unspecified atom stereocenters. The van der Waals surface area contributed by atoms with Gasteiger partial charge < -0.3 is 15.4 Å². The molecule has 0 radical (unpaired) electrons. The first-order chi connectivity index (χ1) is 15.4. The van der Waals surface area contributed by atoms with E-state index in [1.54, 1.807) is 4.90 Å². The fourth-order valence-corrected chi connectivity index (χ4v) is 4.16. The monoisotopic (exact) mass is 428 g/mol. The van der Waals surface area contributed by atoms with E-state index in [1.165, 1.54) is 5.56 Å². The summed E-state index contributed by atoms with van der Waals surface area (Å²) in [5, 5.41) is 0. The molecule has 1 saturated heterocycles. The lowest BCUT2D eigenvalue weighted by atomic mass is 9.90. The van der Waals surface area contributed by atoms with E-state index >= 15 is 0 Å². The van der Waals surface area contributed by atoms with Crippen LogP contribution in [0.1, 0.15) is 16.7 Å². The van der Waals surface area contributed by atoms with Crippen molar-refractivity contribution >= 4 is 11.8 Å². The second-order valence-electron chi connectivity index (χ2n) is 8.43. The summed E-state index contributed by atoms with van der Waals surface area (Å²) in [6.45, 7) is 2.94. The van der Waals surface area contributed by atoms with E-state index in [-0.39, 0.29) is 19.1 Å². The Morgan fingerprint density at radius 3 is 2.38 bits per heavy atom. The fraction of sp³-hybridized carbons (Fsp3) is 0.259. The highest BCUT2D eigenvalue weighted by Crippen LogP contribution is 2.27. The second kappa shape index (κ2) is 9.37. The number of carbonyl (C=O) groups is 2. The lowest BCUT2D eigenvalue weighted by molar-refractivity contribution is -0.163. The lowest BCUT2D eigenvalue weighted by Gasteiger charge is -2.41. The van der Waals surface area contributed by atoms with Gasteiger partial charge in [0.05, 0.1) is 19.6 Å². The molecule has 2 N–H and O–H groups in total. The Bertz CT molecular complexity index is 1100. The van der Waals surface area contributed by atoms with Gasteiger partial charge in [0, 0.05) is 13.0 Å². The van der Waals surface area contributed by atoms with Gasteiger partial charge in [0.15, 0.2) is 5.60 Å². The lowest BCUT2D eigenvalue weighted by Crippen LogP contribution is -2.61. The molecule has 4 rings (SSSR count). The number of hydrogen-bond acceptors (Lipinski definition) is 3. The Kier molecular flexibility index (Phi) is 6.37. The Morgan fingerprint density at radius 1 is 0.938 bits per heavy atom. The van der Waals surface area contributed by atoms with Gasteiger partial charge in [-0.05, 0) is 29.2 Å². The number of amides is 2. The van der Waals surface area contributed by atoms with Gasteiger partial charge in [-0.25, -0.2) is 0 Å². The summed E-state index contributed by atoms with van der Waals surface area (Å²) in [5.41, 5.74) is 9.85. The highest BCUT2D eigenvalue weighted by molar-refractivity contribution is 5.86. The molecule has 5 nitrogen and oxygen atoms in total. The van der Waals surface area contributed by atoms with E-state index in [9.17, 15) is 9.59 Å². The minimum Gasteiger partial charge on any atom is -0.367 e. The molecule has 164 valence electrons. The van der Waals surface area contributed by atoms with Gasteiger partial charge in [-0.1, -0.05) is 84.4 Å². The van der Waals surface area contributed by atoms with Crippen LogP contribution in [0.5, 0.6) is 0 Å². The summed E-state index contributed by atoms with van der Waals surface area (Å²) in [6.07, 6.45) is 0.607. The zero-order valence-corrected chi connectivity index (χ0v) is 18.3. The highest BCUT2D eigenvalue weighted by Gasteiger charge is 2.43. The standard InChI is InChI=1S/C27H28N2O3/c1-20-10-12-23(13-11-20)24-9-5-8-22(16-24)18-27(26(28)31)19-29(14-15-32-27)25(30)17-21-6-3-2-4-7-21/h2-13,16H,14-15,17-19H2,1H3,(H2,28,31)/t27-/m1/s1. The Balaban J connectivity index is 1.53. The summed E-state index contributed by atoms with van der Waals surface area (Å²) in [7, 11) is 0. The van der Waals surface area contributed by atoms with Crippen LogP contribution in [0.2, 0.25) is 0 Å². The number of hydrogen-bond donors (Lipinski definition) is 1. The van der Waals surface area contributed by atoms with Gasteiger partial charge in [0.25, 0.3) is 5.91 Å². The zero-order valence-electron chi connectivity index (χ0n) is 18.3. The van der Waals surface area contributed by atoms with E-state index in [2.05, 4.69) is 37.3 Å². The van der Waals surface area contributed by atoms with Gasteiger partial charge in [0.2, 0.25) is 5.91 Å². The number of nitrogens with two attached hydrogens (primary N) is 1. The summed E-state index contributed by atoms with van der Waals surface area (Å²) in [5.74, 6) is -0.575. The molecule has 0 aromatic heterocycles. The largest absolute Gasteiger partial charge is 0.367 e. The molecule has 1 heterocycles. The molecular formula is C27H28N2O3. The summed E-state index contributed by atoms with van der Waals surface area (Å²) in [6, 6.07) is 26.0. The van der Waals surface area contributed by atoms with Crippen LogP contribution in [0.25, 0.3) is 11.1 Å². The minimum atomic E-state index is -1.24. The van der Waals surface area contributed by atoms with E-state index in [1.807, 2.05) is 48.5 Å². The Hall–Kier alpha value is -3.44. The summed E-state index contributed by atoms with van der Waals surface area (Å²) in [4.78, 5) is 27.2. The molecule has 32 heavy (non-hydrogen) atoms. The van der Waals surface area contributed by atoms with Gasteiger partial charge in [-0.3, -0.25) is 9.59 Å². The van der Waals surface area contributed by atoms with Gasteiger partial charge in [-0.2, -0.15) is 0 Å². The van der Waals surface area contributed by atoms with Crippen LogP contribution in [0.3, 0.4) is 0 Å². The molecule has 0 aliphatic carbocycles. The number of carbonyl (C=O) groups excluding carboxylic acids is 2. The molecule has 0 saturated carbocycles. The molecule has 2 amide bonds. The number of nitrogens with zero attached hydrogens (tertiary/aromatic N) is 1. The number of primary amides is 1. The smallest absolute Gasteiger partial charge is 0.251 e. The van der Waals surface area contributed by atoms with Crippen LogP contribution >= 0.6 is 0 Å². The Morgan fingerprint density at radius 2 is 1.66 bits per heavy atom. The predicted molar refractivity (Wildman–Crippen MR) is 125 cm³/mol. The van der Waals surface area contributed by atoms with Crippen molar-refractivity contribution in [3.63, 3.8) is 0 Å². The van der Waals surface area contributed by atoms with Crippen LogP contribution in [-0.4, -0.2) is 42.0 Å². The average Bonchev–Trinajstić information content (AvgIpc) is 2.80. The van der Waals surface area contributed by atoms with Gasteiger partial charge in [-0.15, -0.1) is 0 Å². The molecule has 3 aromatic carbocycles. The van der Waals surface area contributed by atoms with E-state index < -0.39 is 11.5 Å². The van der Waals surface area contributed by atoms with Crippen LogP contribution < -0.4 is 5.73 Å². The first kappa shape index (κ1) is 21.8. The third-order valence-electron chi connectivity index (χ3n) is 5.99. The number of ether oxygens (including phenoxy) is 1. The first-order valence-electron chi connectivity index (χ1n) is 10.9. The maximum absolute atomic E-state index is 12.9. The molecule has 5 heteroatoms. The number of benzene rings is 3. The molecule has 1 fully saturated rings.